The first-order chi connectivity index (χ1) is 30.5. The van der Waals surface area contributed by atoms with E-state index in [4.69, 9.17) is 9.97 Å². The molecule has 4 amide bonds. The smallest absolute Gasteiger partial charge is 0.278 e. The number of carbonyl (C=O) groups excluding carboxylic acids is 4. The maximum atomic E-state index is 13.5. The van der Waals surface area contributed by atoms with Crippen molar-refractivity contribution in [1.82, 2.24) is 39.4 Å². The van der Waals surface area contributed by atoms with Crippen molar-refractivity contribution in [3.63, 3.8) is 0 Å². The van der Waals surface area contributed by atoms with Gasteiger partial charge in [-0.1, -0.05) is 19.1 Å². The SMILES string of the molecule is C=CCn1c(=O)c2cnc(Nc3ccc(N4CCN(C(=O)CCCCNc5ccc6c(c5)CN(C5CCC(=O)NC5=O)C6=O)CC4)cc3)nc2n1-c1ccc2c(n1)[C@@](O)(CC)CC2. The molecular formula is C46H51N11O6. The van der Waals surface area contributed by atoms with Gasteiger partial charge in [-0.25, -0.2) is 19.3 Å². The predicted octanol–water partition coefficient (Wildman–Crippen LogP) is 4.14. The first kappa shape index (κ1) is 41.5. The molecule has 3 aliphatic heterocycles. The van der Waals surface area contributed by atoms with Gasteiger partial charge in [0.25, 0.3) is 11.5 Å². The molecule has 4 aliphatic rings. The summed E-state index contributed by atoms with van der Waals surface area (Å²) in [7, 11) is 0. The Morgan fingerprint density at radius 2 is 1.76 bits per heavy atom. The van der Waals surface area contributed by atoms with Crippen LogP contribution < -0.4 is 26.4 Å². The van der Waals surface area contributed by atoms with Gasteiger partial charge in [0.05, 0.1) is 12.2 Å². The van der Waals surface area contributed by atoms with Crippen molar-refractivity contribution < 1.29 is 24.3 Å². The summed E-state index contributed by atoms with van der Waals surface area (Å²) in [6.07, 6.45) is 7.63. The second kappa shape index (κ2) is 17.1. The predicted molar refractivity (Wildman–Crippen MR) is 237 cm³/mol. The molecule has 2 fully saturated rings. The van der Waals surface area contributed by atoms with E-state index >= 15 is 0 Å². The molecule has 17 heteroatoms. The standard InChI is InChI=1S/C46H51N11O6/c1-3-21-56-44(62)35-27-48-45(52-41(35)57(56)37-16-8-29-18-19-46(63,4-2)40(29)50-37)49-31-9-12-33(13-10-31)53-22-24-54(25-23-53)39(59)7-5-6-20-47-32-11-14-34-30(26-32)28-55(43(34)61)36-15-17-38(58)51-42(36)60/h3,8-14,16,26-27,36,47,63H,1,4-7,15,17-25,28H2,2H3,(H,48,49,52)(H,51,58,60)/t36?,46-/m1/s1. The molecule has 5 aromatic rings. The number of piperazine rings is 1. The number of rotatable bonds is 14. The van der Waals surface area contributed by atoms with E-state index in [0.29, 0.717) is 99.0 Å². The summed E-state index contributed by atoms with van der Waals surface area (Å²) in [4.78, 5) is 83.4. The summed E-state index contributed by atoms with van der Waals surface area (Å²) < 4.78 is 3.20. The Balaban J connectivity index is 0.754. The van der Waals surface area contributed by atoms with Crippen LogP contribution in [0, 0.1) is 0 Å². The van der Waals surface area contributed by atoms with Crippen molar-refractivity contribution >= 4 is 57.7 Å². The molecule has 2 atom stereocenters. The van der Waals surface area contributed by atoms with Crippen molar-refractivity contribution in [1.29, 1.82) is 0 Å². The normalized spacial score (nSPS) is 19.6. The summed E-state index contributed by atoms with van der Waals surface area (Å²) in [5.74, 6) is 0.0253. The van der Waals surface area contributed by atoms with Gasteiger partial charge in [0.1, 0.15) is 17.0 Å². The maximum Gasteiger partial charge on any atom is 0.278 e. The molecule has 63 heavy (non-hydrogen) atoms. The molecule has 3 aromatic heterocycles. The average molecular weight is 854 g/mol. The van der Waals surface area contributed by atoms with Crippen LogP contribution in [0.2, 0.25) is 0 Å². The van der Waals surface area contributed by atoms with Crippen molar-refractivity contribution in [2.24, 2.45) is 0 Å². The van der Waals surface area contributed by atoms with Crippen LogP contribution in [0.4, 0.5) is 23.0 Å². The molecule has 0 radical (unpaired) electrons. The third-order valence-corrected chi connectivity index (χ3v) is 12.8. The maximum absolute atomic E-state index is 13.5. The lowest BCUT2D eigenvalue weighted by molar-refractivity contribution is -0.137. The Kier molecular flexibility index (Phi) is 11.3. The number of carbonyl (C=O) groups is 4. The van der Waals surface area contributed by atoms with Crippen molar-refractivity contribution in [3.05, 3.63) is 106 Å². The van der Waals surface area contributed by atoms with Crippen LogP contribution in [-0.4, -0.2) is 102 Å². The third-order valence-electron chi connectivity index (χ3n) is 12.8. The Morgan fingerprint density at radius 1 is 0.968 bits per heavy atom. The van der Waals surface area contributed by atoms with Crippen molar-refractivity contribution in [2.45, 2.75) is 83.0 Å². The molecule has 1 unspecified atom stereocenters. The van der Waals surface area contributed by atoms with Gasteiger partial charge >= 0.3 is 0 Å². The Bertz CT molecular complexity index is 2690. The number of fused-ring (bicyclic) bond motifs is 3. The highest BCUT2D eigenvalue weighted by molar-refractivity contribution is 6.05. The van der Waals surface area contributed by atoms with Crippen molar-refractivity contribution in [2.75, 3.05) is 48.3 Å². The number of nitrogens with zero attached hydrogens (tertiary/aromatic N) is 8. The van der Waals surface area contributed by atoms with Gasteiger partial charge in [-0.05, 0) is 98.2 Å². The lowest BCUT2D eigenvalue weighted by Gasteiger charge is -2.36. The molecule has 17 nitrogen and oxygen atoms in total. The number of aromatic nitrogens is 5. The highest BCUT2D eigenvalue weighted by atomic mass is 16.3. The van der Waals surface area contributed by atoms with Crippen LogP contribution in [0.25, 0.3) is 16.9 Å². The number of aliphatic hydroxyl groups is 1. The zero-order valence-electron chi connectivity index (χ0n) is 35.3. The molecule has 2 saturated heterocycles. The van der Waals surface area contributed by atoms with E-state index in [-0.39, 0.29) is 36.2 Å². The number of benzene rings is 2. The topological polar surface area (TPSA) is 200 Å². The fourth-order valence-corrected chi connectivity index (χ4v) is 9.19. The van der Waals surface area contributed by atoms with Gasteiger partial charge < -0.3 is 30.4 Å². The van der Waals surface area contributed by atoms with Crippen molar-refractivity contribution in [3.8, 4) is 5.82 Å². The quantitative estimate of drug-likeness (QED) is 0.0709. The number of piperidine rings is 1. The Morgan fingerprint density at radius 3 is 2.52 bits per heavy atom. The molecule has 0 saturated carbocycles. The summed E-state index contributed by atoms with van der Waals surface area (Å²) in [5.41, 5.74) is 4.88. The van der Waals surface area contributed by atoms with E-state index in [1.807, 2.05) is 60.4 Å². The molecule has 2 aromatic carbocycles. The van der Waals surface area contributed by atoms with Gasteiger partial charge in [0, 0.05) is 80.9 Å². The van der Waals surface area contributed by atoms with E-state index in [1.54, 1.807) is 21.7 Å². The number of nitrogens with one attached hydrogen (secondary N) is 3. The van der Waals surface area contributed by atoms with Crippen LogP contribution in [0.5, 0.6) is 0 Å². The van der Waals surface area contributed by atoms with E-state index in [2.05, 4.69) is 32.4 Å². The lowest BCUT2D eigenvalue weighted by Crippen LogP contribution is -2.52. The van der Waals surface area contributed by atoms with E-state index in [0.717, 1.165) is 47.5 Å². The summed E-state index contributed by atoms with van der Waals surface area (Å²) in [6.45, 7) is 9.74. The van der Waals surface area contributed by atoms with Gasteiger partial charge in [-0.2, -0.15) is 4.98 Å². The fourth-order valence-electron chi connectivity index (χ4n) is 9.19. The summed E-state index contributed by atoms with van der Waals surface area (Å²) >= 11 is 0. The molecule has 4 N–H and O–H groups in total. The second-order valence-electron chi connectivity index (χ2n) is 16.7. The molecule has 0 spiro atoms. The molecule has 1 aliphatic carbocycles. The molecule has 326 valence electrons. The molecule has 0 bridgehead atoms. The van der Waals surface area contributed by atoms with E-state index in [1.165, 1.54) is 10.9 Å². The highest BCUT2D eigenvalue weighted by Gasteiger charge is 2.40. The van der Waals surface area contributed by atoms with Crippen LogP contribution >= 0.6 is 0 Å². The van der Waals surface area contributed by atoms with Crippen LogP contribution in [0.1, 0.15) is 79.0 Å². The number of pyridine rings is 1. The van der Waals surface area contributed by atoms with Gasteiger partial charge in [0.15, 0.2) is 11.5 Å². The van der Waals surface area contributed by atoms with Crippen LogP contribution in [0.15, 0.2) is 78.2 Å². The van der Waals surface area contributed by atoms with E-state index < -0.39 is 17.6 Å². The molecule has 9 rings (SSSR count). The number of allylic oxidation sites excluding steroid dienone is 1. The zero-order chi connectivity index (χ0) is 43.8. The minimum atomic E-state index is -1.01. The third kappa shape index (κ3) is 8.04. The number of imide groups is 1. The average Bonchev–Trinajstić information content (AvgIpc) is 3.90. The fraction of sp³-hybridized carbons (Fsp3) is 0.391. The Labute approximate surface area is 363 Å². The van der Waals surface area contributed by atoms with E-state index in [9.17, 15) is 29.1 Å². The first-order valence-electron chi connectivity index (χ1n) is 21.8. The van der Waals surface area contributed by atoms with Gasteiger partial charge in [-0.15, -0.1) is 6.58 Å². The Hall–Kier alpha value is -6.88. The first-order valence-corrected chi connectivity index (χ1v) is 21.8. The van der Waals surface area contributed by atoms with Gasteiger partial charge in [-0.3, -0.25) is 29.3 Å². The van der Waals surface area contributed by atoms with Gasteiger partial charge in [0.2, 0.25) is 23.7 Å². The monoisotopic (exact) mass is 853 g/mol. The summed E-state index contributed by atoms with van der Waals surface area (Å²) in [5, 5.41) is 20.6. The van der Waals surface area contributed by atoms with Crippen LogP contribution in [-0.2, 0) is 39.5 Å². The number of hydrogen-bond donors (Lipinski definition) is 4. The largest absolute Gasteiger partial charge is 0.385 e. The highest BCUT2D eigenvalue weighted by Crippen LogP contribution is 2.38. The minimum absolute atomic E-state index is 0.149. The number of amides is 4. The zero-order valence-corrected chi connectivity index (χ0v) is 35.3. The molecular weight excluding hydrogens is 803 g/mol. The number of anilines is 4. The lowest BCUT2D eigenvalue weighted by atomic mass is 9.98. The second-order valence-corrected chi connectivity index (χ2v) is 16.7. The van der Waals surface area contributed by atoms with Crippen LogP contribution in [0.3, 0.4) is 0 Å². The molecule has 6 heterocycles. The summed E-state index contributed by atoms with van der Waals surface area (Å²) in [6, 6.07) is 16.7. The number of unbranched alkanes of at least 4 members (excludes halogenated alkanes) is 1. The number of aryl methyl sites for hydroxylation is 1. The number of hydrogen-bond acceptors (Lipinski definition) is 12. The minimum Gasteiger partial charge on any atom is -0.385 e.